The third-order valence-corrected chi connectivity index (χ3v) is 7.73. The first-order valence-corrected chi connectivity index (χ1v) is 14.2. The summed E-state index contributed by atoms with van der Waals surface area (Å²) in [5, 5.41) is 10.5. The summed E-state index contributed by atoms with van der Waals surface area (Å²) in [5.74, 6) is 0.470. The molecule has 1 saturated heterocycles. The van der Waals surface area contributed by atoms with Crippen LogP contribution in [0.25, 0.3) is 27.4 Å². The smallest absolute Gasteiger partial charge is 0.236 e. The minimum Gasteiger partial charge on any atom is -0.491 e. The molecule has 12 heteroatoms. The molecule has 1 aliphatic heterocycles. The lowest BCUT2D eigenvalue weighted by atomic mass is 10.00. The van der Waals surface area contributed by atoms with Crippen LogP contribution in [-0.4, -0.2) is 35.1 Å². The zero-order valence-electron chi connectivity index (χ0n) is 22.9. The van der Waals surface area contributed by atoms with Gasteiger partial charge in [0.05, 0.1) is 29.5 Å². The van der Waals surface area contributed by atoms with E-state index in [0.717, 1.165) is 0 Å². The van der Waals surface area contributed by atoms with E-state index < -0.39 is 11.6 Å². The monoisotopic (exact) mass is 605 g/mol. The van der Waals surface area contributed by atoms with Gasteiger partial charge >= 0.3 is 0 Å². The van der Waals surface area contributed by atoms with Crippen molar-refractivity contribution in [2.75, 3.05) is 18.9 Å². The van der Waals surface area contributed by atoms with Crippen molar-refractivity contribution < 1.29 is 23.0 Å². The highest BCUT2D eigenvalue weighted by molar-refractivity contribution is 7.98. The summed E-state index contributed by atoms with van der Waals surface area (Å²) in [6.07, 6.45) is -0.185. The molecule has 0 bridgehead atoms. The zero-order chi connectivity index (χ0) is 30.0. The highest BCUT2D eigenvalue weighted by Gasteiger charge is 2.33. The van der Waals surface area contributed by atoms with Crippen LogP contribution < -0.4 is 10.5 Å². The van der Waals surface area contributed by atoms with E-state index in [0.29, 0.717) is 57.9 Å². The van der Waals surface area contributed by atoms with Crippen molar-refractivity contribution in [3.63, 3.8) is 0 Å². The quantitative estimate of drug-likeness (QED) is 0.162. The molecule has 9 nitrogen and oxygen atoms in total. The Morgan fingerprint density at radius 1 is 1.24 bits per heavy atom. The Morgan fingerprint density at radius 3 is 2.62 bits per heavy atom. The fraction of sp³-hybridized carbons (Fsp3) is 0.267. The van der Waals surface area contributed by atoms with Gasteiger partial charge in [0.15, 0.2) is 5.79 Å². The van der Waals surface area contributed by atoms with Gasteiger partial charge in [-0.3, -0.25) is 0 Å². The van der Waals surface area contributed by atoms with E-state index in [4.69, 9.17) is 42.5 Å². The summed E-state index contributed by atoms with van der Waals surface area (Å²) in [6, 6.07) is 13.6. The van der Waals surface area contributed by atoms with Crippen LogP contribution in [0.15, 0.2) is 51.9 Å². The number of aryl methyl sites for hydroxylation is 1. The third kappa shape index (κ3) is 6.20. The Bertz CT molecular complexity index is 1730. The van der Waals surface area contributed by atoms with Gasteiger partial charge < -0.3 is 24.4 Å². The summed E-state index contributed by atoms with van der Waals surface area (Å²) in [5.41, 5.74) is 8.54. The van der Waals surface area contributed by atoms with E-state index in [1.165, 1.54) is 23.9 Å². The fourth-order valence-corrected chi connectivity index (χ4v) is 5.49. The Kier molecular flexibility index (Phi) is 8.39. The average molecular weight is 606 g/mol. The van der Waals surface area contributed by atoms with Gasteiger partial charge in [-0.2, -0.15) is 5.26 Å². The van der Waals surface area contributed by atoms with Crippen LogP contribution >= 0.6 is 23.4 Å². The zero-order valence-corrected chi connectivity index (χ0v) is 24.5. The molecule has 1 aliphatic rings. The summed E-state index contributed by atoms with van der Waals surface area (Å²) in [6.45, 7) is 13.9. The van der Waals surface area contributed by atoms with E-state index in [1.807, 2.05) is 13.8 Å². The topological polar surface area (TPSA) is 121 Å². The average Bonchev–Trinajstić information content (AvgIpc) is 3.52. The van der Waals surface area contributed by atoms with Gasteiger partial charge in [-0.1, -0.05) is 35.5 Å². The highest BCUT2D eigenvalue weighted by Crippen LogP contribution is 2.42. The van der Waals surface area contributed by atoms with Crippen LogP contribution in [0.2, 0.25) is 5.02 Å². The summed E-state index contributed by atoms with van der Waals surface area (Å²) < 4.78 is 36.9. The van der Waals surface area contributed by atoms with Gasteiger partial charge in [0.25, 0.3) is 0 Å². The van der Waals surface area contributed by atoms with Crippen LogP contribution in [0.3, 0.4) is 0 Å². The first-order valence-electron chi connectivity index (χ1n) is 12.8. The molecule has 42 heavy (non-hydrogen) atoms. The number of thioether (sulfide) groups is 1. The van der Waals surface area contributed by atoms with Crippen LogP contribution in [0, 0.1) is 30.6 Å². The first-order chi connectivity index (χ1) is 20.1. The number of nitrogen functional groups attached to an aromatic ring is 1. The van der Waals surface area contributed by atoms with Crippen LogP contribution in [0.1, 0.15) is 30.9 Å². The highest BCUT2D eigenvalue weighted by atomic mass is 35.5. The van der Waals surface area contributed by atoms with E-state index in [9.17, 15) is 9.65 Å². The Balaban J connectivity index is 1.38. The molecule has 2 N–H and O–H groups in total. The second-order valence-electron chi connectivity index (χ2n) is 9.85. The Morgan fingerprint density at radius 2 is 1.98 bits per heavy atom. The van der Waals surface area contributed by atoms with Gasteiger partial charge in [-0.05, 0) is 56.7 Å². The molecule has 0 aliphatic carbocycles. The van der Waals surface area contributed by atoms with Crippen molar-refractivity contribution in [1.29, 1.82) is 5.26 Å². The number of nitriles is 1. The number of nitrogens with two attached hydrogens (primary N) is 1. The normalized spacial score (nSPS) is 15.7. The molecular formula is C30H25ClFN5O4S. The number of hydrogen-bond donors (Lipinski definition) is 1. The molecule has 5 rings (SSSR count). The molecule has 4 aromatic rings. The van der Waals surface area contributed by atoms with Crippen molar-refractivity contribution in [2.45, 2.75) is 43.4 Å². The molecule has 0 saturated carbocycles. The van der Waals surface area contributed by atoms with Gasteiger partial charge in [-0.15, -0.1) is 0 Å². The number of anilines is 1. The largest absolute Gasteiger partial charge is 0.491 e. The molecular weight excluding hydrogens is 581 g/mol. The van der Waals surface area contributed by atoms with E-state index in [-0.39, 0.29) is 34.1 Å². The van der Waals surface area contributed by atoms with Gasteiger partial charge in [0.2, 0.25) is 11.6 Å². The van der Waals surface area contributed by atoms with E-state index >= 15 is 0 Å². The maximum Gasteiger partial charge on any atom is 0.236 e. The number of pyridine rings is 1. The second-order valence-corrected chi connectivity index (χ2v) is 11.2. The molecule has 2 aromatic carbocycles. The summed E-state index contributed by atoms with van der Waals surface area (Å²) in [7, 11) is 0. The van der Waals surface area contributed by atoms with Crippen molar-refractivity contribution in [1.82, 2.24) is 9.97 Å². The second kappa shape index (κ2) is 12.0. The number of hydrogen-bond acceptors (Lipinski definition) is 9. The number of oxazole rings is 1. The lowest BCUT2D eigenvalue weighted by molar-refractivity contribution is -0.141. The van der Waals surface area contributed by atoms with Crippen molar-refractivity contribution in [3.05, 3.63) is 81.7 Å². The lowest BCUT2D eigenvalue weighted by Crippen LogP contribution is -2.25. The maximum absolute atomic E-state index is 14.0. The predicted octanol–water partition coefficient (Wildman–Crippen LogP) is 7.33. The standard InChI is InChI=1S/C30H25ClFN5O4S/c1-16-24(36-28(40-16)18-7-10-22(31)23(32)11-18)15-42-29-21(12-33)25(26(35-4)27(34)37-29)17-5-8-19(9-6-17)38-13-20-14-39-30(2,3)41-20/h5-11,20H,13-15H2,1-3H3,(H2,34,37)/t20-/m0/s1. The first kappa shape index (κ1) is 29.4. The summed E-state index contributed by atoms with van der Waals surface area (Å²) in [4.78, 5) is 12.4. The Labute approximate surface area is 251 Å². The molecule has 3 heterocycles. The van der Waals surface area contributed by atoms with E-state index in [1.54, 1.807) is 37.3 Å². The lowest BCUT2D eigenvalue weighted by Gasteiger charge is -2.17. The van der Waals surface area contributed by atoms with E-state index in [2.05, 4.69) is 20.9 Å². The molecule has 2 aromatic heterocycles. The molecule has 214 valence electrons. The molecule has 1 atom stereocenters. The van der Waals surface area contributed by atoms with Crippen molar-refractivity contribution >= 4 is 34.9 Å². The van der Waals surface area contributed by atoms with Crippen LogP contribution in [0.4, 0.5) is 15.9 Å². The van der Waals surface area contributed by atoms with Crippen molar-refractivity contribution in [2.24, 2.45) is 0 Å². The number of benzene rings is 2. The Hall–Kier alpha value is -4.13. The molecule has 0 amide bonds. The number of halogens is 2. The molecule has 0 spiro atoms. The maximum atomic E-state index is 14.0. The number of nitrogens with zero attached hydrogens (tertiary/aromatic N) is 4. The predicted molar refractivity (Wildman–Crippen MR) is 157 cm³/mol. The fourth-order valence-electron chi connectivity index (χ4n) is 4.38. The van der Waals surface area contributed by atoms with Gasteiger partial charge in [-0.25, -0.2) is 19.2 Å². The minimum absolute atomic E-state index is 0.00392. The third-order valence-electron chi connectivity index (χ3n) is 6.44. The molecule has 0 radical (unpaired) electrons. The molecule has 0 unspecified atom stereocenters. The number of ether oxygens (including phenoxy) is 3. The number of aromatic nitrogens is 2. The summed E-state index contributed by atoms with van der Waals surface area (Å²) >= 11 is 7.03. The SMILES string of the molecule is [C-]#[N+]c1c(N)nc(SCc2nc(-c3ccc(Cl)c(F)c3)oc2C)c(C#N)c1-c1ccc(OC[C@H]2COC(C)(C)O2)cc1. The van der Waals surface area contributed by atoms with Crippen LogP contribution in [-0.2, 0) is 15.2 Å². The number of rotatable bonds is 8. The van der Waals surface area contributed by atoms with Gasteiger partial charge in [0.1, 0.15) is 47.0 Å². The minimum atomic E-state index is -0.635. The van der Waals surface area contributed by atoms with Gasteiger partial charge in [0, 0.05) is 16.9 Å². The van der Waals surface area contributed by atoms with Crippen LogP contribution in [0.5, 0.6) is 5.75 Å². The molecule has 1 fully saturated rings. The van der Waals surface area contributed by atoms with Crippen molar-refractivity contribution in [3.8, 4) is 34.4 Å².